The number of hydrogen-bond acceptors (Lipinski definition) is 3. The van der Waals surface area contributed by atoms with Crippen molar-refractivity contribution in [1.82, 2.24) is 4.98 Å². The molecule has 0 saturated heterocycles. The predicted octanol–water partition coefficient (Wildman–Crippen LogP) is 3.49. The van der Waals surface area contributed by atoms with Gasteiger partial charge in [-0.3, -0.25) is 0 Å². The van der Waals surface area contributed by atoms with Gasteiger partial charge in [-0.2, -0.15) is 5.26 Å². The highest BCUT2D eigenvalue weighted by Crippen LogP contribution is 2.25. The lowest BCUT2D eigenvalue weighted by molar-refractivity contribution is 0.628. The van der Waals surface area contributed by atoms with Gasteiger partial charge in [-0.05, 0) is 30.3 Å². The van der Waals surface area contributed by atoms with Crippen molar-refractivity contribution in [2.45, 2.75) is 0 Å². The fourth-order valence-electron chi connectivity index (χ4n) is 1.30. The molecule has 0 amide bonds. The van der Waals surface area contributed by atoms with Crippen LogP contribution in [-0.4, -0.2) is 4.98 Å². The third kappa shape index (κ3) is 2.71. The Balaban J connectivity index is 2.31. The molecule has 2 aromatic rings. The predicted molar refractivity (Wildman–Crippen MR) is 63.6 cm³/mol. The van der Waals surface area contributed by atoms with Gasteiger partial charge >= 0.3 is 0 Å². The molecular formula is C12H7ClFN3. The van der Waals surface area contributed by atoms with E-state index < -0.39 is 5.82 Å². The van der Waals surface area contributed by atoms with Gasteiger partial charge in [-0.15, -0.1) is 0 Å². The number of pyridine rings is 1. The molecular weight excluding hydrogens is 241 g/mol. The number of halogens is 2. The van der Waals surface area contributed by atoms with Crippen LogP contribution in [0.15, 0.2) is 36.5 Å². The van der Waals surface area contributed by atoms with E-state index >= 15 is 0 Å². The van der Waals surface area contributed by atoms with E-state index in [1.807, 2.05) is 6.07 Å². The molecule has 0 atom stereocenters. The van der Waals surface area contributed by atoms with Crippen molar-refractivity contribution in [3.05, 3.63) is 52.9 Å². The number of hydrogen-bond donors (Lipinski definition) is 1. The first-order chi connectivity index (χ1) is 8.19. The average Bonchev–Trinajstić information content (AvgIpc) is 2.34. The summed E-state index contributed by atoms with van der Waals surface area (Å²) in [7, 11) is 0. The van der Waals surface area contributed by atoms with Crippen LogP contribution in [-0.2, 0) is 0 Å². The van der Waals surface area contributed by atoms with Crippen molar-refractivity contribution in [2.24, 2.45) is 0 Å². The Morgan fingerprint density at radius 3 is 2.88 bits per heavy atom. The van der Waals surface area contributed by atoms with Gasteiger partial charge in [0.25, 0.3) is 0 Å². The van der Waals surface area contributed by atoms with Gasteiger partial charge in [0.1, 0.15) is 11.6 Å². The van der Waals surface area contributed by atoms with E-state index in [1.165, 1.54) is 24.4 Å². The van der Waals surface area contributed by atoms with E-state index in [0.29, 0.717) is 22.1 Å². The van der Waals surface area contributed by atoms with Gasteiger partial charge in [-0.1, -0.05) is 11.6 Å². The first kappa shape index (κ1) is 11.4. The molecule has 0 unspecified atom stereocenters. The average molecular weight is 248 g/mol. The zero-order valence-corrected chi connectivity index (χ0v) is 9.37. The van der Waals surface area contributed by atoms with Gasteiger partial charge in [-0.25, -0.2) is 9.37 Å². The van der Waals surface area contributed by atoms with Crippen LogP contribution in [0.5, 0.6) is 0 Å². The molecule has 1 N–H and O–H groups in total. The fourth-order valence-corrected chi connectivity index (χ4v) is 1.46. The molecule has 0 fully saturated rings. The monoisotopic (exact) mass is 247 g/mol. The minimum absolute atomic E-state index is 0.385. The number of nitrogens with one attached hydrogen (secondary N) is 1. The molecule has 0 bridgehead atoms. The molecule has 1 aromatic carbocycles. The summed E-state index contributed by atoms with van der Waals surface area (Å²) in [5, 5.41) is 12.0. The zero-order valence-electron chi connectivity index (χ0n) is 8.61. The summed E-state index contributed by atoms with van der Waals surface area (Å²) in [6.45, 7) is 0. The molecule has 0 spiro atoms. The van der Waals surface area contributed by atoms with E-state index in [0.717, 1.165) is 0 Å². The molecule has 0 aliphatic heterocycles. The Bertz CT molecular complexity index is 593. The lowest BCUT2D eigenvalue weighted by Crippen LogP contribution is -1.95. The third-order valence-electron chi connectivity index (χ3n) is 2.08. The molecule has 17 heavy (non-hydrogen) atoms. The van der Waals surface area contributed by atoms with Crippen LogP contribution in [0.3, 0.4) is 0 Å². The van der Waals surface area contributed by atoms with Gasteiger partial charge in [0, 0.05) is 6.20 Å². The zero-order chi connectivity index (χ0) is 12.3. The number of anilines is 2. The molecule has 5 heteroatoms. The second-order valence-corrected chi connectivity index (χ2v) is 3.70. The number of aromatic nitrogens is 1. The molecule has 1 aromatic heterocycles. The summed E-state index contributed by atoms with van der Waals surface area (Å²) in [6.07, 6.45) is 1.49. The lowest BCUT2D eigenvalue weighted by atomic mass is 10.2. The summed E-state index contributed by atoms with van der Waals surface area (Å²) in [5.41, 5.74) is 0.879. The summed E-state index contributed by atoms with van der Waals surface area (Å²) >= 11 is 5.90. The minimum Gasteiger partial charge on any atom is -0.339 e. The Labute approximate surface area is 102 Å². The van der Waals surface area contributed by atoms with Crippen molar-refractivity contribution < 1.29 is 4.39 Å². The van der Waals surface area contributed by atoms with E-state index in [-0.39, 0.29) is 0 Å². The Morgan fingerprint density at radius 2 is 2.12 bits per heavy atom. The van der Waals surface area contributed by atoms with Crippen molar-refractivity contribution in [2.75, 3.05) is 5.32 Å². The SMILES string of the molecule is N#Cc1ccnc(Nc2cc(F)ccc2Cl)c1. The lowest BCUT2D eigenvalue weighted by Gasteiger charge is -2.07. The molecule has 2 rings (SSSR count). The van der Waals surface area contributed by atoms with Gasteiger partial charge < -0.3 is 5.32 Å². The summed E-state index contributed by atoms with van der Waals surface area (Å²) < 4.78 is 13.0. The highest BCUT2D eigenvalue weighted by molar-refractivity contribution is 6.33. The maximum atomic E-state index is 13.0. The van der Waals surface area contributed by atoms with E-state index in [9.17, 15) is 4.39 Å². The van der Waals surface area contributed by atoms with Crippen LogP contribution < -0.4 is 5.32 Å². The van der Waals surface area contributed by atoms with Crippen molar-refractivity contribution in [3.63, 3.8) is 0 Å². The highest BCUT2D eigenvalue weighted by atomic mass is 35.5. The highest BCUT2D eigenvalue weighted by Gasteiger charge is 2.03. The van der Waals surface area contributed by atoms with E-state index in [2.05, 4.69) is 10.3 Å². The third-order valence-corrected chi connectivity index (χ3v) is 2.41. The quantitative estimate of drug-likeness (QED) is 0.884. The van der Waals surface area contributed by atoms with E-state index in [4.69, 9.17) is 16.9 Å². The first-order valence-corrected chi connectivity index (χ1v) is 5.15. The topological polar surface area (TPSA) is 48.7 Å². The number of nitriles is 1. The van der Waals surface area contributed by atoms with Gasteiger partial charge in [0.15, 0.2) is 0 Å². The standard InChI is InChI=1S/C12H7ClFN3/c13-10-2-1-9(14)6-11(10)17-12-5-8(7-15)3-4-16-12/h1-6H,(H,16,17). The Hall–Kier alpha value is -2.12. The summed E-state index contributed by atoms with van der Waals surface area (Å²) in [4.78, 5) is 4.01. The van der Waals surface area contributed by atoms with Crippen LogP contribution in [0, 0.1) is 17.1 Å². The van der Waals surface area contributed by atoms with Gasteiger partial charge in [0.2, 0.25) is 0 Å². The second kappa shape index (κ2) is 4.81. The number of benzene rings is 1. The molecule has 0 aliphatic carbocycles. The van der Waals surface area contributed by atoms with Crippen molar-refractivity contribution in [3.8, 4) is 6.07 Å². The van der Waals surface area contributed by atoms with Crippen LogP contribution in [0.25, 0.3) is 0 Å². The molecule has 84 valence electrons. The molecule has 1 heterocycles. The summed E-state index contributed by atoms with van der Waals surface area (Å²) in [6, 6.07) is 9.12. The van der Waals surface area contributed by atoms with Crippen molar-refractivity contribution >= 4 is 23.1 Å². The fraction of sp³-hybridized carbons (Fsp3) is 0. The number of rotatable bonds is 2. The summed E-state index contributed by atoms with van der Waals surface area (Å²) in [5.74, 6) is 0.0462. The van der Waals surface area contributed by atoms with Gasteiger partial charge in [0.05, 0.1) is 22.3 Å². The Morgan fingerprint density at radius 1 is 1.29 bits per heavy atom. The maximum absolute atomic E-state index is 13.0. The smallest absolute Gasteiger partial charge is 0.131 e. The van der Waals surface area contributed by atoms with Crippen LogP contribution in [0.1, 0.15) is 5.56 Å². The molecule has 0 saturated carbocycles. The first-order valence-electron chi connectivity index (χ1n) is 4.77. The van der Waals surface area contributed by atoms with Crippen LogP contribution in [0.4, 0.5) is 15.9 Å². The second-order valence-electron chi connectivity index (χ2n) is 3.29. The van der Waals surface area contributed by atoms with Crippen molar-refractivity contribution in [1.29, 1.82) is 5.26 Å². The maximum Gasteiger partial charge on any atom is 0.131 e. The van der Waals surface area contributed by atoms with E-state index in [1.54, 1.807) is 12.1 Å². The molecule has 0 radical (unpaired) electrons. The van der Waals surface area contributed by atoms with Crippen LogP contribution >= 0.6 is 11.6 Å². The van der Waals surface area contributed by atoms with Crippen LogP contribution in [0.2, 0.25) is 5.02 Å². The molecule has 3 nitrogen and oxygen atoms in total. The molecule has 0 aliphatic rings. The number of nitrogens with zero attached hydrogens (tertiary/aromatic N) is 2. The normalized spacial score (nSPS) is 9.71. The minimum atomic E-state index is -0.395. The Kier molecular flexibility index (Phi) is 3.22. The largest absolute Gasteiger partial charge is 0.339 e.